The SMILES string of the molecule is CC(O)CC(C)CNCc1cccc(Cl)c1. The number of benzene rings is 1. The lowest BCUT2D eigenvalue weighted by Crippen LogP contribution is -2.23. The van der Waals surface area contributed by atoms with Gasteiger partial charge in [0.15, 0.2) is 0 Å². The van der Waals surface area contributed by atoms with E-state index >= 15 is 0 Å². The summed E-state index contributed by atoms with van der Waals surface area (Å²) in [5.74, 6) is 0.485. The number of halogens is 1. The third-order valence-electron chi connectivity index (χ3n) is 2.45. The largest absolute Gasteiger partial charge is 0.393 e. The molecule has 1 rings (SSSR count). The minimum Gasteiger partial charge on any atom is -0.393 e. The molecule has 90 valence electrons. The van der Waals surface area contributed by atoms with Crippen molar-refractivity contribution >= 4 is 11.6 Å². The van der Waals surface area contributed by atoms with Crippen molar-refractivity contribution in [2.45, 2.75) is 32.9 Å². The summed E-state index contributed by atoms with van der Waals surface area (Å²) in [7, 11) is 0. The molecule has 0 fully saturated rings. The van der Waals surface area contributed by atoms with Gasteiger partial charge in [-0.3, -0.25) is 0 Å². The molecule has 2 N–H and O–H groups in total. The zero-order valence-corrected chi connectivity index (χ0v) is 10.7. The summed E-state index contributed by atoms with van der Waals surface area (Å²) in [6.45, 7) is 5.70. The molecule has 2 nitrogen and oxygen atoms in total. The Hall–Kier alpha value is -0.570. The number of rotatable bonds is 6. The van der Waals surface area contributed by atoms with Crippen LogP contribution in [0.5, 0.6) is 0 Å². The van der Waals surface area contributed by atoms with Gasteiger partial charge in [0.2, 0.25) is 0 Å². The zero-order chi connectivity index (χ0) is 12.0. The lowest BCUT2D eigenvalue weighted by atomic mass is 10.0. The van der Waals surface area contributed by atoms with Crippen LogP contribution in [-0.4, -0.2) is 17.8 Å². The summed E-state index contributed by atoms with van der Waals surface area (Å²) < 4.78 is 0. The Morgan fingerprint density at radius 2 is 2.12 bits per heavy atom. The first-order valence-electron chi connectivity index (χ1n) is 5.71. The molecule has 1 aromatic carbocycles. The van der Waals surface area contributed by atoms with Gasteiger partial charge >= 0.3 is 0 Å². The predicted molar refractivity (Wildman–Crippen MR) is 68.6 cm³/mol. The number of aliphatic hydroxyl groups is 1. The number of hydrogen-bond donors (Lipinski definition) is 2. The molecule has 0 amide bonds. The fraction of sp³-hybridized carbons (Fsp3) is 0.538. The molecule has 16 heavy (non-hydrogen) atoms. The first-order chi connectivity index (χ1) is 7.58. The molecule has 0 aliphatic rings. The van der Waals surface area contributed by atoms with Crippen LogP contribution in [0, 0.1) is 5.92 Å². The second-order valence-corrected chi connectivity index (χ2v) is 4.89. The van der Waals surface area contributed by atoms with Crippen molar-refractivity contribution < 1.29 is 5.11 Å². The Bertz CT molecular complexity index is 315. The highest BCUT2D eigenvalue weighted by molar-refractivity contribution is 6.30. The van der Waals surface area contributed by atoms with Gasteiger partial charge in [0.25, 0.3) is 0 Å². The molecule has 0 radical (unpaired) electrons. The molecule has 1 aromatic rings. The van der Waals surface area contributed by atoms with E-state index in [1.807, 2.05) is 25.1 Å². The second kappa shape index (κ2) is 6.89. The summed E-state index contributed by atoms with van der Waals surface area (Å²) in [5, 5.41) is 13.4. The maximum atomic E-state index is 9.23. The van der Waals surface area contributed by atoms with Crippen molar-refractivity contribution in [3.05, 3.63) is 34.9 Å². The highest BCUT2D eigenvalue weighted by Crippen LogP contribution is 2.10. The molecular weight excluding hydrogens is 222 g/mol. The molecule has 3 heteroatoms. The number of hydrogen-bond acceptors (Lipinski definition) is 2. The average molecular weight is 242 g/mol. The number of nitrogens with one attached hydrogen (secondary N) is 1. The van der Waals surface area contributed by atoms with Crippen molar-refractivity contribution in [2.75, 3.05) is 6.54 Å². The highest BCUT2D eigenvalue weighted by Gasteiger charge is 2.05. The predicted octanol–water partition coefficient (Wildman–Crippen LogP) is 2.84. The van der Waals surface area contributed by atoms with E-state index in [1.165, 1.54) is 5.56 Å². The Labute approximate surface area is 103 Å². The first kappa shape index (κ1) is 13.5. The summed E-state index contributed by atoms with van der Waals surface area (Å²) >= 11 is 5.89. The van der Waals surface area contributed by atoms with E-state index in [4.69, 9.17) is 11.6 Å². The summed E-state index contributed by atoms with van der Waals surface area (Å²) in [4.78, 5) is 0. The maximum absolute atomic E-state index is 9.23. The molecule has 0 heterocycles. The van der Waals surface area contributed by atoms with Crippen LogP contribution in [0.4, 0.5) is 0 Å². The maximum Gasteiger partial charge on any atom is 0.0515 e. The van der Waals surface area contributed by atoms with Crippen LogP contribution in [0.3, 0.4) is 0 Å². The molecule has 0 aromatic heterocycles. The molecule has 0 spiro atoms. The van der Waals surface area contributed by atoms with Gasteiger partial charge in [-0.1, -0.05) is 30.7 Å². The van der Waals surface area contributed by atoms with E-state index in [0.29, 0.717) is 5.92 Å². The van der Waals surface area contributed by atoms with Gasteiger partial charge in [0.05, 0.1) is 6.10 Å². The van der Waals surface area contributed by atoms with Crippen LogP contribution in [0.1, 0.15) is 25.8 Å². The lowest BCUT2D eigenvalue weighted by molar-refractivity contribution is 0.163. The molecular formula is C13H20ClNO. The van der Waals surface area contributed by atoms with Crippen molar-refractivity contribution in [1.82, 2.24) is 5.32 Å². The quantitative estimate of drug-likeness (QED) is 0.803. The molecule has 2 atom stereocenters. The van der Waals surface area contributed by atoms with Crippen LogP contribution >= 0.6 is 11.6 Å². The fourth-order valence-corrected chi connectivity index (χ4v) is 1.99. The van der Waals surface area contributed by atoms with Gasteiger partial charge in [-0.25, -0.2) is 0 Å². The van der Waals surface area contributed by atoms with Crippen LogP contribution in [0.15, 0.2) is 24.3 Å². The van der Waals surface area contributed by atoms with Gasteiger partial charge in [-0.05, 0) is 43.5 Å². The summed E-state index contributed by atoms with van der Waals surface area (Å²) in [6.07, 6.45) is 0.616. The molecule has 0 aliphatic heterocycles. The Morgan fingerprint density at radius 1 is 1.38 bits per heavy atom. The van der Waals surface area contributed by atoms with Crippen molar-refractivity contribution in [3.8, 4) is 0 Å². The third-order valence-corrected chi connectivity index (χ3v) is 2.69. The zero-order valence-electron chi connectivity index (χ0n) is 9.91. The topological polar surface area (TPSA) is 32.3 Å². The second-order valence-electron chi connectivity index (χ2n) is 4.45. The van der Waals surface area contributed by atoms with E-state index in [1.54, 1.807) is 0 Å². The lowest BCUT2D eigenvalue weighted by Gasteiger charge is -2.14. The van der Waals surface area contributed by atoms with Crippen molar-refractivity contribution in [3.63, 3.8) is 0 Å². The van der Waals surface area contributed by atoms with Crippen molar-refractivity contribution in [2.24, 2.45) is 5.92 Å². The molecule has 0 saturated heterocycles. The fourth-order valence-electron chi connectivity index (χ4n) is 1.78. The minimum atomic E-state index is -0.219. The monoisotopic (exact) mass is 241 g/mol. The molecule has 0 saturated carbocycles. The Balaban J connectivity index is 2.25. The first-order valence-corrected chi connectivity index (χ1v) is 6.09. The van der Waals surface area contributed by atoms with Crippen LogP contribution in [0.2, 0.25) is 5.02 Å². The van der Waals surface area contributed by atoms with Crippen molar-refractivity contribution in [1.29, 1.82) is 0 Å². The standard InChI is InChI=1S/C13H20ClNO/c1-10(6-11(2)16)8-15-9-12-4-3-5-13(14)7-12/h3-5,7,10-11,15-16H,6,8-9H2,1-2H3. The number of aliphatic hydroxyl groups excluding tert-OH is 1. The van der Waals surface area contributed by atoms with E-state index in [9.17, 15) is 5.11 Å². The minimum absolute atomic E-state index is 0.219. The van der Waals surface area contributed by atoms with Crippen LogP contribution in [0.25, 0.3) is 0 Å². The summed E-state index contributed by atoms with van der Waals surface area (Å²) in [5.41, 5.74) is 1.19. The molecule has 0 aliphatic carbocycles. The van der Waals surface area contributed by atoms with Gasteiger partial charge in [-0.2, -0.15) is 0 Å². The van der Waals surface area contributed by atoms with Gasteiger partial charge in [-0.15, -0.1) is 0 Å². The van der Waals surface area contributed by atoms with E-state index in [-0.39, 0.29) is 6.10 Å². The van der Waals surface area contributed by atoms with E-state index in [0.717, 1.165) is 24.5 Å². The van der Waals surface area contributed by atoms with E-state index in [2.05, 4.69) is 18.3 Å². The van der Waals surface area contributed by atoms with Gasteiger partial charge < -0.3 is 10.4 Å². The summed E-state index contributed by atoms with van der Waals surface area (Å²) in [6, 6.07) is 7.85. The normalized spacial score (nSPS) is 14.8. The molecule has 2 unspecified atom stereocenters. The van der Waals surface area contributed by atoms with Crippen LogP contribution in [-0.2, 0) is 6.54 Å². The van der Waals surface area contributed by atoms with E-state index < -0.39 is 0 Å². The van der Waals surface area contributed by atoms with Crippen LogP contribution < -0.4 is 5.32 Å². The highest BCUT2D eigenvalue weighted by atomic mass is 35.5. The molecule has 0 bridgehead atoms. The Kier molecular flexibility index (Phi) is 5.81. The smallest absolute Gasteiger partial charge is 0.0515 e. The van der Waals surface area contributed by atoms with Gasteiger partial charge in [0, 0.05) is 11.6 Å². The van der Waals surface area contributed by atoms with Gasteiger partial charge in [0.1, 0.15) is 0 Å². The average Bonchev–Trinajstić information content (AvgIpc) is 2.16. The Morgan fingerprint density at radius 3 is 2.75 bits per heavy atom. The third kappa shape index (κ3) is 5.50.